The molecule has 0 fully saturated rings. The van der Waals surface area contributed by atoms with Crippen molar-refractivity contribution < 1.29 is 14.6 Å². The summed E-state index contributed by atoms with van der Waals surface area (Å²) in [5, 5.41) is 30.8. The predicted molar refractivity (Wildman–Crippen MR) is 56.1 cm³/mol. The molecule has 1 aromatic carbocycles. The summed E-state index contributed by atoms with van der Waals surface area (Å²) in [5.41, 5.74) is 8.02. The second-order valence-corrected chi connectivity index (χ2v) is 3.28. The number of nitriles is 1. The van der Waals surface area contributed by atoms with Gasteiger partial charge in [-0.15, -0.1) is 0 Å². The Bertz CT molecular complexity index is 494. The lowest BCUT2D eigenvalue weighted by atomic mass is 10.0. The van der Waals surface area contributed by atoms with Gasteiger partial charge in [-0.25, -0.2) is 4.39 Å². The monoisotopic (exact) mass is 236 g/mol. The first kappa shape index (κ1) is 12.9. The first-order valence-corrected chi connectivity index (χ1v) is 4.66. The molecule has 88 valence electrons. The van der Waals surface area contributed by atoms with Crippen molar-refractivity contribution in [1.82, 2.24) is 0 Å². The molecule has 2 atom stereocenters. The number of benzene rings is 1. The van der Waals surface area contributed by atoms with E-state index in [0.717, 1.165) is 12.1 Å². The smallest absolute Gasteiger partial charge is 0.140 e. The van der Waals surface area contributed by atoms with E-state index in [1.807, 2.05) is 0 Å². The number of halogens is 1. The standard InChI is InChI=1S/C10H9FN4O2/c11-8-2-1-6(3-7(8)4-12)10(17)9(16)5-14-15-13/h1-3,9-10,16-17H,5H2. The molecule has 7 heteroatoms. The third-order valence-electron chi connectivity index (χ3n) is 2.15. The van der Waals surface area contributed by atoms with Gasteiger partial charge < -0.3 is 10.2 Å². The van der Waals surface area contributed by atoms with E-state index in [9.17, 15) is 14.6 Å². The fourth-order valence-corrected chi connectivity index (χ4v) is 1.25. The van der Waals surface area contributed by atoms with Gasteiger partial charge in [0.05, 0.1) is 18.2 Å². The average molecular weight is 236 g/mol. The molecule has 2 N–H and O–H groups in total. The number of hydrogen-bond acceptors (Lipinski definition) is 4. The summed E-state index contributed by atoms with van der Waals surface area (Å²) in [6.45, 7) is -0.309. The zero-order chi connectivity index (χ0) is 12.8. The Morgan fingerprint density at radius 3 is 2.82 bits per heavy atom. The molecule has 0 aliphatic heterocycles. The molecule has 0 saturated carbocycles. The average Bonchev–Trinajstić information content (AvgIpc) is 2.35. The predicted octanol–water partition coefficient (Wildman–Crippen LogP) is 1.40. The molecule has 0 aliphatic carbocycles. The fraction of sp³-hybridized carbons (Fsp3) is 0.300. The topological polar surface area (TPSA) is 113 Å². The van der Waals surface area contributed by atoms with Crippen LogP contribution in [0.1, 0.15) is 17.2 Å². The molecule has 0 radical (unpaired) electrons. The van der Waals surface area contributed by atoms with E-state index in [1.54, 1.807) is 6.07 Å². The molecule has 0 bridgehead atoms. The van der Waals surface area contributed by atoms with Crippen molar-refractivity contribution in [2.24, 2.45) is 5.11 Å². The summed E-state index contributed by atoms with van der Waals surface area (Å²) in [7, 11) is 0. The Balaban J connectivity index is 2.93. The van der Waals surface area contributed by atoms with Crippen LogP contribution in [0.5, 0.6) is 0 Å². The lowest BCUT2D eigenvalue weighted by Crippen LogP contribution is -2.21. The van der Waals surface area contributed by atoms with Gasteiger partial charge in [0.25, 0.3) is 0 Å². The summed E-state index contributed by atoms with van der Waals surface area (Å²) in [6.07, 6.45) is -2.64. The van der Waals surface area contributed by atoms with Crippen LogP contribution in [0, 0.1) is 17.1 Å². The number of hydrogen-bond donors (Lipinski definition) is 2. The SMILES string of the molecule is N#Cc1cc(C(O)C(O)CN=[N+]=[N-])ccc1F. The molecule has 0 aromatic heterocycles. The van der Waals surface area contributed by atoms with Gasteiger partial charge in [0.15, 0.2) is 0 Å². The quantitative estimate of drug-likeness (QED) is 0.467. The highest BCUT2D eigenvalue weighted by Crippen LogP contribution is 2.20. The molecule has 1 aromatic rings. The van der Waals surface area contributed by atoms with Gasteiger partial charge >= 0.3 is 0 Å². The zero-order valence-corrected chi connectivity index (χ0v) is 8.66. The molecular formula is C10H9FN4O2. The summed E-state index contributed by atoms with van der Waals surface area (Å²) < 4.78 is 13.0. The molecule has 0 aliphatic rings. The lowest BCUT2D eigenvalue weighted by molar-refractivity contribution is 0.0243. The largest absolute Gasteiger partial charge is 0.390 e. The highest BCUT2D eigenvalue weighted by Gasteiger charge is 2.18. The van der Waals surface area contributed by atoms with E-state index < -0.39 is 18.0 Å². The van der Waals surface area contributed by atoms with Gasteiger partial charge in [-0.3, -0.25) is 0 Å². The molecule has 1 rings (SSSR count). The van der Waals surface area contributed by atoms with E-state index >= 15 is 0 Å². The highest BCUT2D eigenvalue weighted by molar-refractivity contribution is 5.35. The Kier molecular flexibility index (Phi) is 4.43. The van der Waals surface area contributed by atoms with Gasteiger partial charge in [-0.2, -0.15) is 5.26 Å². The first-order chi connectivity index (χ1) is 8.10. The Hall–Kier alpha value is -2.13. The molecule has 0 heterocycles. The van der Waals surface area contributed by atoms with Crippen LogP contribution in [0.4, 0.5) is 4.39 Å². The van der Waals surface area contributed by atoms with E-state index in [2.05, 4.69) is 10.0 Å². The summed E-state index contributed by atoms with van der Waals surface area (Å²) in [6, 6.07) is 5.04. The van der Waals surface area contributed by atoms with Gasteiger partial charge in [0, 0.05) is 4.91 Å². The number of aliphatic hydroxyl groups is 2. The molecular weight excluding hydrogens is 227 g/mol. The maximum Gasteiger partial charge on any atom is 0.140 e. The van der Waals surface area contributed by atoms with Crippen LogP contribution in [0.2, 0.25) is 0 Å². The molecule has 0 saturated heterocycles. The van der Waals surface area contributed by atoms with Gasteiger partial charge in [0.2, 0.25) is 0 Å². The third-order valence-corrected chi connectivity index (χ3v) is 2.15. The number of aliphatic hydroxyl groups excluding tert-OH is 2. The second kappa shape index (κ2) is 5.82. The van der Waals surface area contributed by atoms with Crippen molar-refractivity contribution in [2.45, 2.75) is 12.2 Å². The molecule has 0 amide bonds. The highest BCUT2D eigenvalue weighted by atomic mass is 19.1. The first-order valence-electron chi connectivity index (χ1n) is 4.66. The minimum atomic E-state index is -1.34. The van der Waals surface area contributed by atoms with E-state index in [0.29, 0.717) is 0 Å². The lowest BCUT2D eigenvalue weighted by Gasteiger charge is -2.16. The second-order valence-electron chi connectivity index (χ2n) is 3.28. The van der Waals surface area contributed by atoms with E-state index in [-0.39, 0.29) is 17.7 Å². The van der Waals surface area contributed by atoms with Crippen molar-refractivity contribution in [3.63, 3.8) is 0 Å². The number of rotatable bonds is 4. The summed E-state index contributed by atoms with van der Waals surface area (Å²) >= 11 is 0. The van der Waals surface area contributed by atoms with Crippen LogP contribution >= 0.6 is 0 Å². The van der Waals surface area contributed by atoms with Crippen molar-refractivity contribution >= 4 is 0 Å². The maximum absolute atomic E-state index is 13.0. The minimum absolute atomic E-state index is 0.184. The van der Waals surface area contributed by atoms with Crippen LogP contribution in [0.15, 0.2) is 23.3 Å². The van der Waals surface area contributed by atoms with Crippen LogP contribution in [0.25, 0.3) is 10.4 Å². The van der Waals surface area contributed by atoms with Crippen molar-refractivity contribution in [3.05, 3.63) is 45.6 Å². The Labute approximate surface area is 96.2 Å². The van der Waals surface area contributed by atoms with Crippen LogP contribution < -0.4 is 0 Å². The number of nitrogens with zero attached hydrogens (tertiary/aromatic N) is 4. The van der Waals surface area contributed by atoms with Crippen LogP contribution in [-0.4, -0.2) is 22.9 Å². The minimum Gasteiger partial charge on any atom is -0.390 e. The van der Waals surface area contributed by atoms with Crippen molar-refractivity contribution in [2.75, 3.05) is 6.54 Å². The van der Waals surface area contributed by atoms with Crippen molar-refractivity contribution in [3.8, 4) is 6.07 Å². The number of azide groups is 1. The maximum atomic E-state index is 13.0. The third kappa shape index (κ3) is 3.16. The van der Waals surface area contributed by atoms with Gasteiger partial charge in [-0.1, -0.05) is 11.2 Å². The summed E-state index contributed by atoms with van der Waals surface area (Å²) in [5.74, 6) is -0.701. The zero-order valence-electron chi connectivity index (χ0n) is 8.66. The Morgan fingerprint density at radius 1 is 1.53 bits per heavy atom. The van der Waals surface area contributed by atoms with Gasteiger partial charge in [0.1, 0.15) is 18.0 Å². The van der Waals surface area contributed by atoms with E-state index in [4.69, 9.17) is 10.8 Å². The molecule has 0 spiro atoms. The van der Waals surface area contributed by atoms with Crippen molar-refractivity contribution in [1.29, 1.82) is 5.26 Å². The molecule has 6 nitrogen and oxygen atoms in total. The van der Waals surface area contributed by atoms with Gasteiger partial charge in [-0.05, 0) is 23.2 Å². The van der Waals surface area contributed by atoms with Crippen LogP contribution in [0.3, 0.4) is 0 Å². The Morgan fingerprint density at radius 2 is 2.24 bits per heavy atom. The van der Waals surface area contributed by atoms with E-state index in [1.165, 1.54) is 6.07 Å². The molecule has 2 unspecified atom stereocenters. The van der Waals surface area contributed by atoms with Crippen LogP contribution in [-0.2, 0) is 0 Å². The fourth-order valence-electron chi connectivity index (χ4n) is 1.25. The summed E-state index contributed by atoms with van der Waals surface area (Å²) in [4.78, 5) is 2.44. The molecule has 17 heavy (non-hydrogen) atoms. The normalized spacial score (nSPS) is 13.3.